The van der Waals surface area contributed by atoms with Crippen molar-refractivity contribution in [1.29, 1.82) is 0 Å². The standard InChI is InChI=1S/C13H16FNO2/c1-15(7-9-2-3-9)8-11-5-4-10(13(16)17)6-12(11)14/h4-6,9H,2-3,7-8H2,1H3,(H,16,17). The number of carboxylic acids is 1. The Balaban J connectivity index is 2.02. The molecule has 0 saturated heterocycles. The highest BCUT2D eigenvalue weighted by Crippen LogP contribution is 2.29. The summed E-state index contributed by atoms with van der Waals surface area (Å²) in [7, 11) is 1.96. The molecule has 0 aliphatic heterocycles. The van der Waals surface area contributed by atoms with E-state index in [9.17, 15) is 9.18 Å². The van der Waals surface area contributed by atoms with Gasteiger partial charge in [0.2, 0.25) is 0 Å². The Morgan fingerprint density at radius 2 is 2.24 bits per heavy atom. The van der Waals surface area contributed by atoms with Crippen molar-refractivity contribution >= 4 is 5.97 Å². The van der Waals surface area contributed by atoms with E-state index >= 15 is 0 Å². The van der Waals surface area contributed by atoms with Gasteiger partial charge in [-0.25, -0.2) is 9.18 Å². The second kappa shape index (κ2) is 4.84. The summed E-state index contributed by atoms with van der Waals surface area (Å²) in [5, 5.41) is 8.73. The molecule has 3 nitrogen and oxygen atoms in total. The summed E-state index contributed by atoms with van der Waals surface area (Å²) in [6, 6.07) is 4.09. The molecule has 17 heavy (non-hydrogen) atoms. The van der Waals surface area contributed by atoms with E-state index in [1.807, 2.05) is 7.05 Å². The lowest BCUT2D eigenvalue weighted by molar-refractivity contribution is 0.0696. The molecule has 0 amide bonds. The zero-order valence-corrected chi connectivity index (χ0v) is 9.82. The summed E-state index contributed by atoms with van der Waals surface area (Å²) in [5.41, 5.74) is 0.550. The van der Waals surface area contributed by atoms with Crippen LogP contribution in [0.1, 0.15) is 28.8 Å². The highest BCUT2D eigenvalue weighted by atomic mass is 19.1. The molecule has 1 aromatic rings. The lowest BCUT2D eigenvalue weighted by atomic mass is 10.1. The van der Waals surface area contributed by atoms with Gasteiger partial charge in [-0.2, -0.15) is 0 Å². The zero-order valence-electron chi connectivity index (χ0n) is 9.82. The van der Waals surface area contributed by atoms with Gasteiger partial charge >= 0.3 is 5.97 Å². The summed E-state index contributed by atoms with van der Waals surface area (Å²) in [4.78, 5) is 12.7. The Bertz CT molecular complexity index is 429. The van der Waals surface area contributed by atoms with E-state index in [4.69, 9.17) is 5.11 Å². The average molecular weight is 237 g/mol. The molecule has 1 fully saturated rings. The number of carbonyl (C=O) groups is 1. The average Bonchev–Trinajstić information content (AvgIpc) is 3.04. The van der Waals surface area contributed by atoms with Crippen LogP contribution in [0.5, 0.6) is 0 Å². The lowest BCUT2D eigenvalue weighted by Gasteiger charge is -2.16. The molecule has 0 bridgehead atoms. The van der Waals surface area contributed by atoms with Crippen molar-refractivity contribution < 1.29 is 14.3 Å². The molecule has 1 aromatic carbocycles. The van der Waals surface area contributed by atoms with E-state index in [1.165, 1.54) is 18.9 Å². The molecule has 0 atom stereocenters. The van der Waals surface area contributed by atoms with Crippen LogP contribution in [0.25, 0.3) is 0 Å². The Labute approximate surface area is 99.9 Å². The zero-order chi connectivity index (χ0) is 12.4. The van der Waals surface area contributed by atoms with Gasteiger partial charge < -0.3 is 10.0 Å². The molecular weight excluding hydrogens is 221 g/mol. The van der Waals surface area contributed by atoms with E-state index in [0.717, 1.165) is 18.5 Å². The maximum Gasteiger partial charge on any atom is 0.335 e. The van der Waals surface area contributed by atoms with Crippen LogP contribution in [-0.4, -0.2) is 29.6 Å². The van der Waals surface area contributed by atoms with Crippen molar-refractivity contribution in [3.63, 3.8) is 0 Å². The van der Waals surface area contributed by atoms with Crippen LogP contribution < -0.4 is 0 Å². The summed E-state index contributed by atoms with van der Waals surface area (Å²) in [6.45, 7) is 1.52. The third-order valence-corrected chi connectivity index (χ3v) is 3.01. The SMILES string of the molecule is CN(Cc1ccc(C(=O)O)cc1F)CC1CC1. The molecule has 1 aliphatic carbocycles. The smallest absolute Gasteiger partial charge is 0.335 e. The third kappa shape index (κ3) is 3.27. The summed E-state index contributed by atoms with van der Waals surface area (Å²) < 4.78 is 13.6. The summed E-state index contributed by atoms with van der Waals surface area (Å²) in [5.74, 6) is -0.768. The molecule has 0 spiro atoms. The summed E-state index contributed by atoms with van der Waals surface area (Å²) >= 11 is 0. The number of benzene rings is 1. The second-order valence-corrected chi connectivity index (χ2v) is 4.75. The fraction of sp³-hybridized carbons (Fsp3) is 0.462. The van der Waals surface area contributed by atoms with Gasteiger partial charge in [-0.3, -0.25) is 0 Å². The minimum atomic E-state index is -1.10. The molecular formula is C13H16FNO2. The minimum Gasteiger partial charge on any atom is -0.478 e. The van der Waals surface area contributed by atoms with Crippen molar-refractivity contribution in [2.75, 3.05) is 13.6 Å². The van der Waals surface area contributed by atoms with E-state index in [2.05, 4.69) is 4.90 Å². The number of hydrogen-bond acceptors (Lipinski definition) is 2. The predicted octanol–water partition coefficient (Wildman–Crippen LogP) is 2.37. The van der Waals surface area contributed by atoms with Crippen LogP contribution in [0.3, 0.4) is 0 Å². The first-order valence-corrected chi connectivity index (χ1v) is 5.76. The lowest BCUT2D eigenvalue weighted by Crippen LogP contribution is -2.21. The first-order chi connectivity index (χ1) is 8.06. The number of hydrogen-bond donors (Lipinski definition) is 1. The topological polar surface area (TPSA) is 40.5 Å². The minimum absolute atomic E-state index is 0.00361. The highest BCUT2D eigenvalue weighted by molar-refractivity contribution is 5.87. The van der Waals surface area contributed by atoms with Crippen LogP contribution in [0.15, 0.2) is 18.2 Å². The normalized spacial score (nSPS) is 15.2. The fourth-order valence-electron chi connectivity index (χ4n) is 1.91. The highest BCUT2D eigenvalue weighted by Gasteiger charge is 2.23. The number of halogens is 1. The van der Waals surface area contributed by atoms with E-state index in [0.29, 0.717) is 12.1 Å². The molecule has 2 rings (SSSR count). The Morgan fingerprint density at radius 1 is 1.53 bits per heavy atom. The first kappa shape index (κ1) is 12.0. The van der Waals surface area contributed by atoms with E-state index < -0.39 is 11.8 Å². The fourth-order valence-corrected chi connectivity index (χ4v) is 1.91. The van der Waals surface area contributed by atoms with Gasteiger partial charge in [0, 0.05) is 18.7 Å². The molecule has 1 N–H and O–H groups in total. The van der Waals surface area contributed by atoms with Crippen LogP contribution in [0.2, 0.25) is 0 Å². The van der Waals surface area contributed by atoms with Crippen molar-refractivity contribution in [3.05, 3.63) is 35.1 Å². The maximum absolute atomic E-state index is 13.6. The van der Waals surface area contributed by atoms with Gasteiger partial charge in [-0.05, 0) is 37.9 Å². The summed E-state index contributed by atoms with van der Waals surface area (Å²) in [6.07, 6.45) is 2.54. The monoisotopic (exact) mass is 237 g/mol. The van der Waals surface area contributed by atoms with Crippen molar-refractivity contribution in [3.8, 4) is 0 Å². The first-order valence-electron chi connectivity index (χ1n) is 5.76. The quantitative estimate of drug-likeness (QED) is 0.854. The number of carboxylic acid groups (broad SMARTS) is 1. The van der Waals surface area contributed by atoms with Crippen molar-refractivity contribution in [1.82, 2.24) is 4.90 Å². The molecule has 92 valence electrons. The predicted molar refractivity (Wildman–Crippen MR) is 62.4 cm³/mol. The molecule has 0 unspecified atom stereocenters. The van der Waals surface area contributed by atoms with E-state index in [1.54, 1.807) is 6.07 Å². The Kier molecular flexibility index (Phi) is 3.43. The van der Waals surface area contributed by atoms with Crippen molar-refractivity contribution in [2.45, 2.75) is 19.4 Å². The molecule has 4 heteroatoms. The number of nitrogens with zero attached hydrogens (tertiary/aromatic N) is 1. The van der Waals surface area contributed by atoms with Gasteiger partial charge in [0.1, 0.15) is 5.82 Å². The van der Waals surface area contributed by atoms with Crippen molar-refractivity contribution in [2.24, 2.45) is 5.92 Å². The van der Waals surface area contributed by atoms with Crippen LogP contribution >= 0.6 is 0 Å². The van der Waals surface area contributed by atoms with Gasteiger partial charge in [0.15, 0.2) is 0 Å². The van der Waals surface area contributed by atoms with Crippen LogP contribution in [0.4, 0.5) is 4.39 Å². The molecule has 0 heterocycles. The van der Waals surface area contributed by atoms with Crippen LogP contribution in [0, 0.1) is 11.7 Å². The van der Waals surface area contributed by atoms with Gasteiger partial charge in [0.25, 0.3) is 0 Å². The maximum atomic E-state index is 13.6. The second-order valence-electron chi connectivity index (χ2n) is 4.75. The largest absolute Gasteiger partial charge is 0.478 e. The van der Waals surface area contributed by atoms with Gasteiger partial charge in [-0.15, -0.1) is 0 Å². The Hall–Kier alpha value is -1.42. The Morgan fingerprint density at radius 3 is 2.76 bits per heavy atom. The number of rotatable bonds is 5. The molecule has 0 radical (unpaired) electrons. The molecule has 1 aliphatic rings. The third-order valence-electron chi connectivity index (χ3n) is 3.01. The van der Waals surface area contributed by atoms with Crippen LogP contribution in [-0.2, 0) is 6.54 Å². The van der Waals surface area contributed by atoms with E-state index in [-0.39, 0.29) is 5.56 Å². The van der Waals surface area contributed by atoms with Gasteiger partial charge in [0.05, 0.1) is 5.56 Å². The van der Waals surface area contributed by atoms with Gasteiger partial charge in [-0.1, -0.05) is 6.07 Å². The molecule has 1 saturated carbocycles. The number of aromatic carboxylic acids is 1. The molecule has 0 aromatic heterocycles.